The van der Waals surface area contributed by atoms with E-state index in [4.69, 9.17) is 0 Å². The van der Waals surface area contributed by atoms with E-state index in [1.54, 1.807) is 0 Å². The molecule has 0 radical (unpaired) electrons. The summed E-state index contributed by atoms with van der Waals surface area (Å²) in [6.45, 7) is 5.66. The molecule has 0 spiro atoms. The van der Waals surface area contributed by atoms with E-state index < -0.39 is 0 Å². The largest absolute Gasteiger partial charge is 0.305 e. The van der Waals surface area contributed by atoms with Crippen molar-refractivity contribution in [2.45, 2.75) is 57.9 Å². The third-order valence-electron chi connectivity index (χ3n) is 4.09. The maximum absolute atomic E-state index is 4.57. The van der Waals surface area contributed by atoms with E-state index in [1.165, 1.54) is 43.5 Å². The van der Waals surface area contributed by atoms with E-state index in [0.717, 1.165) is 12.5 Å². The fourth-order valence-corrected chi connectivity index (χ4v) is 3.74. The van der Waals surface area contributed by atoms with Crippen LogP contribution in [-0.4, -0.2) is 11.5 Å². The molecule has 2 rings (SSSR count). The lowest BCUT2D eigenvalue weighted by atomic mass is 9.76. The van der Waals surface area contributed by atoms with Gasteiger partial charge >= 0.3 is 0 Å². The first kappa shape index (κ1) is 13.0. The summed E-state index contributed by atoms with van der Waals surface area (Å²) in [5.41, 5.74) is 0.190. The molecule has 0 saturated heterocycles. The molecule has 1 heterocycles. The average Bonchev–Trinajstić information content (AvgIpc) is 2.91. The van der Waals surface area contributed by atoms with Gasteiger partial charge in [-0.05, 0) is 44.6 Å². The Balaban J connectivity index is 2.09. The molecule has 1 aromatic rings. The molecule has 0 amide bonds. The normalized spacial score (nSPS) is 29.4. The van der Waals surface area contributed by atoms with E-state index in [1.807, 2.05) is 17.5 Å². The van der Waals surface area contributed by atoms with Crippen molar-refractivity contribution in [3.05, 3.63) is 16.6 Å². The Hall–Kier alpha value is -0.410. The van der Waals surface area contributed by atoms with Crippen molar-refractivity contribution in [1.82, 2.24) is 10.3 Å². The fourth-order valence-electron chi connectivity index (χ4n) is 2.87. The highest BCUT2D eigenvalue weighted by Gasteiger charge is 2.37. The van der Waals surface area contributed by atoms with E-state index in [0.29, 0.717) is 0 Å². The third kappa shape index (κ3) is 2.89. The molecule has 2 nitrogen and oxygen atoms in total. The minimum atomic E-state index is 0.190. The molecule has 1 N–H and O–H groups in total. The summed E-state index contributed by atoms with van der Waals surface area (Å²) >= 11 is 1.81. The predicted octanol–water partition coefficient (Wildman–Crippen LogP) is 3.94. The summed E-state index contributed by atoms with van der Waals surface area (Å²) in [4.78, 5) is 4.57. The summed E-state index contributed by atoms with van der Waals surface area (Å²) in [5, 5.41) is 7.19. The van der Waals surface area contributed by atoms with Crippen LogP contribution >= 0.6 is 11.3 Å². The number of aromatic nitrogens is 1. The van der Waals surface area contributed by atoms with E-state index >= 15 is 0 Å². The van der Waals surface area contributed by atoms with E-state index in [2.05, 4.69) is 29.5 Å². The second-order valence-electron chi connectivity index (χ2n) is 5.20. The molecule has 0 atom stereocenters. The molecule has 1 aliphatic carbocycles. The predicted molar refractivity (Wildman–Crippen MR) is 74.3 cm³/mol. The third-order valence-corrected chi connectivity index (χ3v) is 5.07. The van der Waals surface area contributed by atoms with Crippen molar-refractivity contribution in [3.63, 3.8) is 0 Å². The molecule has 3 heteroatoms. The zero-order chi connectivity index (χ0) is 12.1. The molecular formula is C14H24N2S. The van der Waals surface area contributed by atoms with Gasteiger partial charge in [-0.25, -0.2) is 4.98 Å². The summed E-state index contributed by atoms with van der Waals surface area (Å²) < 4.78 is 0. The lowest BCUT2D eigenvalue weighted by Crippen LogP contribution is -2.45. The highest BCUT2D eigenvalue weighted by Crippen LogP contribution is 2.41. The summed E-state index contributed by atoms with van der Waals surface area (Å²) in [6.07, 6.45) is 9.71. The number of nitrogens with zero attached hydrogens (tertiary/aromatic N) is 1. The number of nitrogens with one attached hydrogen (secondary N) is 1. The van der Waals surface area contributed by atoms with Crippen LogP contribution < -0.4 is 5.32 Å². The Morgan fingerprint density at radius 1 is 1.41 bits per heavy atom. The summed E-state index contributed by atoms with van der Waals surface area (Å²) in [6, 6.07) is 0. The van der Waals surface area contributed by atoms with Crippen molar-refractivity contribution in [2.24, 2.45) is 5.92 Å². The SMILES string of the molecule is CCCNC1(c2nccs2)CCC(CC)CC1. The quantitative estimate of drug-likeness (QED) is 0.858. The molecule has 0 aliphatic heterocycles. The molecular weight excluding hydrogens is 228 g/mol. The highest BCUT2D eigenvalue weighted by atomic mass is 32.1. The van der Waals surface area contributed by atoms with Crippen molar-refractivity contribution >= 4 is 11.3 Å². The summed E-state index contributed by atoms with van der Waals surface area (Å²) in [7, 11) is 0. The Labute approximate surface area is 109 Å². The molecule has 1 aliphatic rings. The lowest BCUT2D eigenvalue weighted by Gasteiger charge is -2.39. The van der Waals surface area contributed by atoms with Crippen LogP contribution in [-0.2, 0) is 5.54 Å². The van der Waals surface area contributed by atoms with Gasteiger partial charge in [-0.2, -0.15) is 0 Å². The van der Waals surface area contributed by atoms with Crippen LogP contribution in [0, 0.1) is 5.92 Å². The molecule has 1 fully saturated rings. The number of rotatable bonds is 5. The van der Waals surface area contributed by atoms with Crippen LogP contribution in [0.4, 0.5) is 0 Å². The molecule has 17 heavy (non-hydrogen) atoms. The monoisotopic (exact) mass is 252 g/mol. The van der Waals surface area contributed by atoms with Crippen LogP contribution in [0.25, 0.3) is 0 Å². The lowest BCUT2D eigenvalue weighted by molar-refractivity contribution is 0.185. The maximum Gasteiger partial charge on any atom is 0.113 e. The fraction of sp³-hybridized carbons (Fsp3) is 0.786. The van der Waals surface area contributed by atoms with Gasteiger partial charge in [0, 0.05) is 11.6 Å². The van der Waals surface area contributed by atoms with Crippen molar-refractivity contribution in [1.29, 1.82) is 0 Å². The average molecular weight is 252 g/mol. The standard InChI is InChI=1S/C14H24N2S/c1-3-9-16-14(13-15-10-11-17-13)7-5-12(4-2)6-8-14/h10-12,16H,3-9H2,1-2H3. The first-order valence-electron chi connectivity index (χ1n) is 6.95. The van der Waals surface area contributed by atoms with E-state index in [-0.39, 0.29) is 5.54 Å². The number of hydrogen-bond donors (Lipinski definition) is 1. The van der Waals surface area contributed by atoms with Gasteiger partial charge in [0.05, 0.1) is 5.54 Å². The number of thiazole rings is 1. The van der Waals surface area contributed by atoms with Crippen LogP contribution in [0.2, 0.25) is 0 Å². The van der Waals surface area contributed by atoms with Crippen molar-refractivity contribution in [2.75, 3.05) is 6.54 Å². The molecule has 1 aromatic heterocycles. The molecule has 96 valence electrons. The van der Waals surface area contributed by atoms with Gasteiger partial charge in [0.2, 0.25) is 0 Å². The second kappa shape index (κ2) is 5.96. The Morgan fingerprint density at radius 2 is 2.18 bits per heavy atom. The van der Waals surface area contributed by atoms with Crippen molar-refractivity contribution in [3.8, 4) is 0 Å². The molecule has 0 unspecified atom stereocenters. The van der Waals surface area contributed by atoms with Gasteiger partial charge in [0.1, 0.15) is 5.01 Å². The number of hydrogen-bond acceptors (Lipinski definition) is 3. The Bertz CT molecular complexity index is 313. The van der Waals surface area contributed by atoms with E-state index in [9.17, 15) is 0 Å². The van der Waals surface area contributed by atoms with Gasteiger partial charge in [-0.15, -0.1) is 11.3 Å². The van der Waals surface area contributed by atoms with Gasteiger partial charge in [0.25, 0.3) is 0 Å². The van der Waals surface area contributed by atoms with Gasteiger partial charge < -0.3 is 5.32 Å². The first-order chi connectivity index (χ1) is 8.30. The second-order valence-corrected chi connectivity index (χ2v) is 6.09. The first-order valence-corrected chi connectivity index (χ1v) is 7.83. The van der Waals surface area contributed by atoms with Crippen LogP contribution in [0.3, 0.4) is 0 Å². The highest BCUT2D eigenvalue weighted by molar-refractivity contribution is 7.09. The van der Waals surface area contributed by atoms with Crippen LogP contribution in [0.5, 0.6) is 0 Å². The van der Waals surface area contributed by atoms with Crippen LogP contribution in [0.15, 0.2) is 11.6 Å². The van der Waals surface area contributed by atoms with Gasteiger partial charge in [-0.1, -0.05) is 20.3 Å². The maximum atomic E-state index is 4.57. The van der Waals surface area contributed by atoms with Gasteiger partial charge in [-0.3, -0.25) is 0 Å². The molecule has 0 bridgehead atoms. The van der Waals surface area contributed by atoms with Crippen LogP contribution in [0.1, 0.15) is 57.4 Å². The summed E-state index contributed by atoms with van der Waals surface area (Å²) in [5.74, 6) is 0.937. The molecule has 0 aromatic carbocycles. The minimum Gasteiger partial charge on any atom is -0.305 e. The Kier molecular flexibility index (Phi) is 4.57. The zero-order valence-corrected chi connectivity index (χ0v) is 11.9. The molecule has 1 saturated carbocycles. The Morgan fingerprint density at radius 3 is 2.71 bits per heavy atom. The van der Waals surface area contributed by atoms with Crippen molar-refractivity contribution < 1.29 is 0 Å². The zero-order valence-electron chi connectivity index (χ0n) is 11.0. The topological polar surface area (TPSA) is 24.9 Å². The smallest absolute Gasteiger partial charge is 0.113 e. The minimum absolute atomic E-state index is 0.190. The van der Waals surface area contributed by atoms with Gasteiger partial charge in [0.15, 0.2) is 0 Å².